The molecule has 0 bridgehead atoms. The van der Waals surface area contributed by atoms with Crippen molar-refractivity contribution in [1.82, 2.24) is 14.9 Å². The molecule has 2 aromatic rings. The molecule has 1 unspecified atom stereocenters. The maximum absolute atomic E-state index is 12.8. The Balaban J connectivity index is 1.81. The van der Waals surface area contributed by atoms with Gasteiger partial charge < -0.3 is 10.6 Å². The Morgan fingerprint density at radius 2 is 2.15 bits per heavy atom. The summed E-state index contributed by atoms with van der Waals surface area (Å²) in [5, 5.41) is 0. The van der Waals surface area contributed by atoms with Crippen LogP contribution >= 0.6 is 0 Å². The van der Waals surface area contributed by atoms with Gasteiger partial charge in [0.1, 0.15) is 5.82 Å². The lowest BCUT2D eigenvalue weighted by Crippen LogP contribution is -2.24. The van der Waals surface area contributed by atoms with Crippen molar-refractivity contribution >= 4 is 0 Å². The van der Waals surface area contributed by atoms with E-state index in [1.54, 1.807) is 12.3 Å². The summed E-state index contributed by atoms with van der Waals surface area (Å²) >= 11 is 0. The molecule has 4 nitrogen and oxygen atoms in total. The zero-order valence-corrected chi connectivity index (χ0v) is 11.5. The van der Waals surface area contributed by atoms with Gasteiger partial charge in [0, 0.05) is 31.5 Å². The van der Waals surface area contributed by atoms with Crippen molar-refractivity contribution in [2.75, 3.05) is 13.6 Å². The van der Waals surface area contributed by atoms with Crippen LogP contribution in [0, 0.1) is 5.82 Å². The summed E-state index contributed by atoms with van der Waals surface area (Å²) in [5.74, 6) is -0.338. The molecule has 2 heterocycles. The number of hydrogen-bond acceptors (Lipinski definition) is 4. The number of nitrogens with two attached hydrogens (primary N) is 1. The Morgan fingerprint density at radius 1 is 1.30 bits per heavy atom. The zero-order chi connectivity index (χ0) is 14.4. The summed E-state index contributed by atoms with van der Waals surface area (Å²) in [6.07, 6.45) is 5.60. The summed E-state index contributed by atoms with van der Waals surface area (Å²) in [7, 11) is 2.04. The van der Waals surface area contributed by atoms with Gasteiger partial charge in [0.05, 0.1) is 11.9 Å². The molecule has 2 rings (SSSR count). The number of halogens is 1. The van der Waals surface area contributed by atoms with E-state index in [9.17, 15) is 4.39 Å². The van der Waals surface area contributed by atoms with Crippen LogP contribution < -0.4 is 5.73 Å². The third kappa shape index (κ3) is 4.36. The average molecular weight is 274 g/mol. The highest BCUT2D eigenvalue weighted by Gasteiger charge is 2.09. The van der Waals surface area contributed by atoms with Crippen LogP contribution in [0.1, 0.15) is 23.7 Å². The van der Waals surface area contributed by atoms with Gasteiger partial charge in [0.25, 0.3) is 0 Å². The Kier molecular flexibility index (Phi) is 5.15. The molecular weight excluding hydrogens is 255 g/mol. The Labute approximate surface area is 118 Å². The Hall–Kier alpha value is -1.85. The minimum absolute atomic E-state index is 0.174. The molecule has 0 aliphatic rings. The molecule has 0 spiro atoms. The van der Waals surface area contributed by atoms with Crippen LogP contribution in [0.2, 0.25) is 0 Å². The van der Waals surface area contributed by atoms with Crippen LogP contribution in [0.5, 0.6) is 0 Å². The van der Waals surface area contributed by atoms with Crippen molar-refractivity contribution in [3.8, 4) is 0 Å². The van der Waals surface area contributed by atoms with Gasteiger partial charge in [-0.25, -0.2) is 4.39 Å². The van der Waals surface area contributed by atoms with E-state index in [1.807, 2.05) is 25.4 Å². The number of aromatic nitrogens is 2. The van der Waals surface area contributed by atoms with E-state index < -0.39 is 0 Å². The second-order valence-corrected chi connectivity index (χ2v) is 4.90. The van der Waals surface area contributed by atoms with Gasteiger partial charge in [-0.05, 0) is 37.2 Å². The van der Waals surface area contributed by atoms with E-state index in [0.29, 0.717) is 0 Å². The van der Waals surface area contributed by atoms with Crippen molar-refractivity contribution in [3.63, 3.8) is 0 Å². The van der Waals surface area contributed by atoms with Gasteiger partial charge in [-0.2, -0.15) is 0 Å². The molecule has 0 aromatic carbocycles. The highest BCUT2D eigenvalue weighted by molar-refractivity contribution is 5.10. The van der Waals surface area contributed by atoms with Crippen molar-refractivity contribution in [2.24, 2.45) is 5.73 Å². The Morgan fingerprint density at radius 3 is 2.80 bits per heavy atom. The predicted molar refractivity (Wildman–Crippen MR) is 76.3 cm³/mol. The summed E-state index contributed by atoms with van der Waals surface area (Å²) in [6.45, 7) is 1.67. The van der Waals surface area contributed by atoms with Crippen LogP contribution in [0.4, 0.5) is 4.39 Å². The maximum atomic E-state index is 12.8. The van der Waals surface area contributed by atoms with Gasteiger partial charge in [-0.15, -0.1) is 0 Å². The quantitative estimate of drug-likeness (QED) is 0.877. The van der Waals surface area contributed by atoms with Crippen molar-refractivity contribution in [3.05, 3.63) is 59.9 Å². The number of pyridine rings is 2. The van der Waals surface area contributed by atoms with Crippen LogP contribution in [0.15, 0.2) is 42.9 Å². The second-order valence-electron chi connectivity index (χ2n) is 4.90. The smallest absolute Gasteiger partial charge is 0.141 e. The van der Waals surface area contributed by atoms with Crippen molar-refractivity contribution < 1.29 is 4.39 Å². The fourth-order valence-corrected chi connectivity index (χ4v) is 2.00. The van der Waals surface area contributed by atoms with Gasteiger partial charge in [-0.3, -0.25) is 9.97 Å². The molecule has 0 aliphatic heterocycles. The third-order valence-electron chi connectivity index (χ3n) is 3.13. The molecule has 1 atom stereocenters. The molecular formula is C15H19FN4. The van der Waals surface area contributed by atoms with E-state index in [0.717, 1.165) is 25.2 Å². The first-order valence-corrected chi connectivity index (χ1v) is 6.59. The Bertz CT molecular complexity index is 515. The molecule has 0 radical (unpaired) electrons. The first kappa shape index (κ1) is 14.6. The number of rotatable bonds is 6. The monoisotopic (exact) mass is 274 g/mol. The first-order chi connectivity index (χ1) is 9.65. The largest absolute Gasteiger partial charge is 0.323 e. The minimum Gasteiger partial charge on any atom is -0.323 e. The molecule has 2 aromatic heterocycles. The van der Waals surface area contributed by atoms with E-state index >= 15 is 0 Å². The molecule has 0 saturated carbocycles. The average Bonchev–Trinajstić information content (AvgIpc) is 2.46. The van der Waals surface area contributed by atoms with Crippen LogP contribution in [0.3, 0.4) is 0 Å². The van der Waals surface area contributed by atoms with Crippen LogP contribution in [0.25, 0.3) is 0 Å². The van der Waals surface area contributed by atoms with Gasteiger partial charge in [0.15, 0.2) is 0 Å². The van der Waals surface area contributed by atoms with Crippen LogP contribution in [-0.4, -0.2) is 28.5 Å². The third-order valence-corrected chi connectivity index (χ3v) is 3.13. The van der Waals surface area contributed by atoms with E-state index in [2.05, 4.69) is 14.9 Å². The predicted octanol–water partition coefficient (Wildman–Crippen LogP) is 2.14. The molecule has 0 saturated heterocycles. The molecule has 5 heteroatoms. The number of nitrogens with zero attached hydrogens (tertiary/aromatic N) is 3. The van der Waals surface area contributed by atoms with Crippen molar-refractivity contribution in [2.45, 2.75) is 19.0 Å². The standard InChI is InChI=1S/C15H19FN4/c1-20(11-12-3-2-7-18-9-12)8-6-14(17)15-5-4-13(16)10-19-15/h2-5,7,9-10,14H,6,8,11,17H2,1H3. The van der Waals surface area contributed by atoms with E-state index in [-0.39, 0.29) is 11.9 Å². The van der Waals surface area contributed by atoms with Gasteiger partial charge >= 0.3 is 0 Å². The fourth-order valence-electron chi connectivity index (χ4n) is 2.00. The highest BCUT2D eigenvalue weighted by Crippen LogP contribution is 2.12. The minimum atomic E-state index is -0.338. The zero-order valence-electron chi connectivity index (χ0n) is 11.5. The molecule has 0 fully saturated rings. The lowest BCUT2D eigenvalue weighted by molar-refractivity contribution is 0.310. The highest BCUT2D eigenvalue weighted by atomic mass is 19.1. The van der Waals surface area contributed by atoms with Gasteiger partial charge in [-0.1, -0.05) is 6.07 Å². The van der Waals surface area contributed by atoms with Gasteiger partial charge in [0.2, 0.25) is 0 Å². The van der Waals surface area contributed by atoms with E-state index in [1.165, 1.54) is 17.8 Å². The lowest BCUT2D eigenvalue weighted by Gasteiger charge is -2.19. The summed E-state index contributed by atoms with van der Waals surface area (Å²) in [6, 6.07) is 6.83. The fraction of sp³-hybridized carbons (Fsp3) is 0.333. The lowest BCUT2D eigenvalue weighted by atomic mass is 10.1. The molecule has 20 heavy (non-hydrogen) atoms. The first-order valence-electron chi connectivity index (χ1n) is 6.59. The van der Waals surface area contributed by atoms with E-state index in [4.69, 9.17) is 5.73 Å². The summed E-state index contributed by atoms with van der Waals surface area (Å²) in [4.78, 5) is 10.3. The van der Waals surface area contributed by atoms with Crippen LogP contribution in [-0.2, 0) is 6.54 Å². The normalized spacial score (nSPS) is 12.6. The molecule has 2 N–H and O–H groups in total. The summed E-state index contributed by atoms with van der Waals surface area (Å²) < 4.78 is 12.8. The summed E-state index contributed by atoms with van der Waals surface area (Å²) in [5.41, 5.74) is 7.96. The molecule has 106 valence electrons. The van der Waals surface area contributed by atoms with Crippen molar-refractivity contribution in [1.29, 1.82) is 0 Å². The second kappa shape index (κ2) is 7.07. The topological polar surface area (TPSA) is 55.0 Å². The molecule has 0 aliphatic carbocycles. The maximum Gasteiger partial charge on any atom is 0.141 e. The SMILES string of the molecule is CN(CCC(N)c1ccc(F)cn1)Cc1cccnc1. The molecule has 0 amide bonds. The number of hydrogen-bond donors (Lipinski definition) is 1.